The van der Waals surface area contributed by atoms with Gasteiger partial charge in [-0.15, -0.1) is 0 Å². The number of carbonyl (C=O) groups excluding carboxylic acids is 3. The number of carbonyl (C=O) groups is 4. The number of carboxylic acid groups (broad SMARTS) is 1. The summed E-state index contributed by atoms with van der Waals surface area (Å²) in [5.74, 6) is -3.30. The molecule has 0 rings (SSSR count). The van der Waals surface area contributed by atoms with Crippen molar-refractivity contribution in [2.24, 2.45) is 34.0 Å². The van der Waals surface area contributed by atoms with Gasteiger partial charge in [-0.05, 0) is 24.7 Å². The minimum atomic E-state index is -1.21. The van der Waals surface area contributed by atoms with E-state index in [1.165, 1.54) is 0 Å². The number of nitrogens with two attached hydrogens (primary N) is 3. The van der Waals surface area contributed by atoms with Crippen molar-refractivity contribution in [3.8, 4) is 0 Å². The van der Waals surface area contributed by atoms with Crippen LogP contribution < -0.4 is 33.2 Å². The summed E-state index contributed by atoms with van der Waals surface area (Å²) >= 11 is 0. The van der Waals surface area contributed by atoms with E-state index in [-0.39, 0.29) is 30.8 Å². The first-order chi connectivity index (χ1) is 14.4. The Morgan fingerprint density at radius 1 is 1.03 bits per heavy atom. The van der Waals surface area contributed by atoms with Crippen molar-refractivity contribution >= 4 is 29.7 Å². The lowest BCUT2D eigenvalue weighted by Crippen LogP contribution is -2.56. The Kier molecular flexibility index (Phi) is 12.9. The predicted octanol–water partition coefficient (Wildman–Crippen LogP) is -1.76. The van der Waals surface area contributed by atoms with E-state index in [2.05, 4.69) is 20.9 Å². The van der Waals surface area contributed by atoms with Crippen LogP contribution in [0.25, 0.3) is 0 Å². The van der Waals surface area contributed by atoms with Crippen LogP contribution in [0.5, 0.6) is 0 Å². The van der Waals surface area contributed by atoms with Crippen LogP contribution in [0.2, 0.25) is 0 Å². The van der Waals surface area contributed by atoms with Crippen molar-refractivity contribution in [3.05, 3.63) is 0 Å². The Balaban J connectivity index is 4.75. The molecule has 31 heavy (non-hydrogen) atoms. The number of nitrogens with one attached hydrogen (secondary N) is 3. The molecular weight excluding hydrogens is 406 g/mol. The van der Waals surface area contributed by atoms with Crippen LogP contribution in [0, 0.1) is 11.8 Å². The second-order valence-corrected chi connectivity index (χ2v) is 7.77. The summed E-state index contributed by atoms with van der Waals surface area (Å²) in [5.41, 5.74) is 16.3. The third-order valence-electron chi connectivity index (χ3n) is 4.81. The van der Waals surface area contributed by atoms with Gasteiger partial charge in [0.05, 0.1) is 12.6 Å². The molecule has 0 aromatic rings. The highest BCUT2D eigenvalue weighted by molar-refractivity contribution is 5.92. The molecule has 3 amide bonds. The topological polar surface area (TPSA) is 215 Å². The molecule has 0 aromatic heterocycles. The molecule has 0 fully saturated rings. The van der Waals surface area contributed by atoms with Crippen molar-refractivity contribution in [2.75, 3.05) is 13.1 Å². The Hall–Kier alpha value is -2.89. The van der Waals surface area contributed by atoms with Crippen LogP contribution in [0.15, 0.2) is 4.99 Å². The molecular formula is C19H37N7O5. The monoisotopic (exact) mass is 443 g/mol. The first-order valence-electron chi connectivity index (χ1n) is 10.3. The zero-order valence-electron chi connectivity index (χ0n) is 18.7. The lowest BCUT2D eigenvalue weighted by Gasteiger charge is -2.25. The maximum atomic E-state index is 12.5. The van der Waals surface area contributed by atoms with Gasteiger partial charge in [-0.1, -0.05) is 34.1 Å². The summed E-state index contributed by atoms with van der Waals surface area (Å²) in [6.45, 7) is 7.04. The van der Waals surface area contributed by atoms with Gasteiger partial charge in [-0.3, -0.25) is 19.4 Å². The van der Waals surface area contributed by atoms with Gasteiger partial charge in [0.1, 0.15) is 12.1 Å². The minimum Gasteiger partial charge on any atom is -0.480 e. The SMILES string of the molecule is CCC(C)C(N)C(=O)NC(C(=O)NCC(=O)NC(CCCN=C(N)N)C(=O)O)C(C)C. The number of nitrogens with zero attached hydrogens (tertiary/aromatic N) is 1. The van der Waals surface area contributed by atoms with E-state index >= 15 is 0 Å². The summed E-state index contributed by atoms with van der Waals surface area (Å²) < 4.78 is 0. The van der Waals surface area contributed by atoms with E-state index in [9.17, 15) is 24.3 Å². The minimum absolute atomic E-state index is 0.0541. The Labute approximate surface area is 182 Å². The normalized spacial score (nSPS) is 14.6. The summed E-state index contributed by atoms with van der Waals surface area (Å²) in [7, 11) is 0. The van der Waals surface area contributed by atoms with Crippen LogP contribution in [0.1, 0.15) is 47.0 Å². The molecule has 12 nitrogen and oxygen atoms in total. The summed E-state index contributed by atoms with van der Waals surface area (Å²) in [6.07, 6.45) is 1.17. The van der Waals surface area contributed by atoms with E-state index in [0.717, 1.165) is 0 Å². The van der Waals surface area contributed by atoms with Crippen LogP contribution >= 0.6 is 0 Å². The zero-order valence-corrected chi connectivity index (χ0v) is 18.7. The van der Waals surface area contributed by atoms with Crippen LogP contribution in [0.4, 0.5) is 0 Å². The second-order valence-electron chi connectivity index (χ2n) is 7.77. The first kappa shape index (κ1) is 28.1. The maximum absolute atomic E-state index is 12.5. The Morgan fingerprint density at radius 2 is 1.65 bits per heavy atom. The highest BCUT2D eigenvalue weighted by atomic mass is 16.4. The molecule has 0 radical (unpaired) electrons. The van der Waals surface area contributed by atoms with E-state index in [4.69, 9.17) is 17.2 Å². The van der Waals surface area contributed by atoms with Gasteiger partial charge in [0.2, 0.25) is 17.7 Å². The number of hydrogen-bond donors (Lipinski definition) is 7. The molecule has 178 valence electrons. The maximum Gasteiger partial charge on any atom is 0.326 e. The Morgan fingerprint density at radius 3 is 2.13 bits per heavy atom. The summed E-state index contributed by atoms with van der Waals surface area (Å²) in [6, 6.07) is -2.78. The third kappa shape index (κ3) is 11.2. The van der Waals surface area contributed by atoms with Crippen LogP contribution in [-0.2, 0) is 19.2 Å². The van der Waals surface area contributed by atoms with Gasteiger partial charge in [0.15, 0.2) is 5.96 Å². The average molecular weight is 444 g/mol. The smallest absolute Gasteiger partial charge is 0.326 e. The predicted molar refractivity (Wildman–Crippen MR) is 117 cm³/mol. The van der Waals surface area contributed by atoms with E-state index in [0.29, 0.717) is 12.8 Å². The molecule has 0 bridgehead atoms. The van der Waals surface area contributed by atoms with Crippen LogP contribution in [-0.4, -0.2) is 66.0 Å². The average Bonchev–Trinajstić information content (AvgIpc) is 2.70. The molecule has 12 heteroatoms. The van der Waals surface area contributed by atoms with Gasteiger partial charge in [-0.25, -0.2) is 4.79 Å². The molecule has 0 saturated carbocycles. The number of aliphatic imine (C=N–C) groups is 1. The van der Waals surface area contributed by atoms with Gasteiger partial charge < -0.3 is 38.3 Å². The fraction of sp³-hybridized carbons (Fsp3) is 0.737. The number of carboxylic acids is 1. The number of amides is 3. The lowest BCUT2D eigenvalue weighted by molar-refractivity contribution is -0.142. The van der Waals surface area contributed by atoms with Gasteiger partial charge in [0, 0.05) is 6.54 Å². The fourth-order valence-corrected chi connectivity index (χ4v) is 2.58. The summed E-state index contributed by atoms with van der Waals surface area (Å²) in [5, 5.41) is 16.6. The largest absolute Gasteiger partial charge is 0.480 e. The highest BCUT2D eigenvalue weighted by Crippen LogP contribution is 2.08. The Bertz CT molecular complexity index is 650. The molecule has 0 aliphatic heterocycles. The van der Waals surface area contributed by atoms with Crippen LogP contribution in [0.3, 0.4) is 0 Å². The molecule has 4 atom stereocenters. The van der Waals surface area contributed by atoms with E-state index in [1.807, 2.05) is 13.8 Å². The van der Waals surface area contributed by atoms with E-state index in [1.54, 1.807) is 13.8 Å². The first-order valence-corrected chi connectivity index (χ1v) is 10.3. The molecule has 4 unspecified atom stereocenters. The number of guanidine groups is 1. The second kappa shape index (κ2) is 14.2. The number of hydrogen-bond acceptors (Lipinski definition) is 6. The quantitative estimate of drug-likeness (QED) is 0.0924. The molecule has 0 aliphatic carbocycles. The number of rotatable bonds is 14. The summed E-state index contributed by atoms with van der Waals surface area (Å²) in [4.78, 5) is 51.9. The lowest BCUT2D eigenvalue weighted by atomic mass is 9.97. The molecule has 0 aliphatic rings. The van der Waals surface area contributed by atoms with Crippen molar-refractivity contribution in [1.29, 1.82) is 0 Å². The fourth-order valence-electron chi connectivity index (χ4n) is 2.58. The van der Waals surface area contributed by atoms with Gasteiger partial charge in [0.25, 0.3) is 0 Å². The third-order valence-corrected chi connectivity index (χ3v) is 4.81. The van der Waals surface area contributed by atoms with Crippen molar-refractivity contribution < 1.29 is 24.3 Å². The van der Waals surface area contributed by atoms with E-state index < -0.39 is 48.4 Å². The standard InChI is InChI=1S/C19H37N7O5/c1-5-11(4)14(20)16(28)26-15(10(2)3)17(29)24-9-13(27)25-12(18(30)31)7-6-8-23-19(21)22/h10-12,14-15H,5-9,20H2,1-4H3,(H,24,29)(H,25,27)(H,26,28)(H,30,31)(H4,21,22,23). The number of aliphatic carboxylic acids is 1. The van der Waals surface area contributed by atoms with Crippen molar-refractivity contribution in [2.45, 2.75) is 65.1 Å². The highest BCUT2D eigenvalue weighted by Gasteiger charge is 2.28. The van der Waals surface area contributed by atoms with Crippen molar-refractivity contribution in [1.82, 2.24) is 16.0 Å². The van der Waals surface area contributed by atoms with Crippen molar-refractivity contribution in [3.63, 3.8) is 0 Å². The van der Waals surface area contributed by atoms with Gasteiger partial charge >= 0.3 is 5.97 Å². The molecule has 0 aromatic carbocycles. The molecule has 10 N–H and O–H groups in total. The molecule has 0 heterocycles. The van der Waals surface area contributed by atoms with Gasteiger partial charge in [-0.2, -0.15) is 0 Å². The molecule has 0 saturated heterocycles. The molecule has 0 spiro atoms. The zero-order chi connectivity index (χ0) is 24.1.